The van der Waals surface area contributed by atoms with Crippen LogP contribution in [0.3, 0.4) is 0 Å². The maximum atomic E-state index is 8.59. The molecule has 1 saturated carbocycles. The van der Waals surface area contributed by atoms with Crippen molar-refractivity contribution in [3.8, 4) is 11.8 Å². The molecule has 3 unspecified atom stereocenters. The Bertz CT molecular complexity index is 492. The zero-order valence-corrected chi connectivity index (χ0v) is 13.3. The average molecular weight is 286 g/mol. The van der Waals surface area contributed by atoms with E-state index in [2.05, 4.69) is 32.2 Å². The van der Waals surface area contributed by atoms with E-state index in [-0.39, 0.29) is 6.61 Å². The lowest BCUT2D eigenvalue weighted by atomic mass is 9.74. The van der Waals surface area contributed by atoms with Crippen LogP contribution in [-0.2, 0) is 0 Å². The fraction of sp³-hybridized carbons (Fsp3) is 0.611. The minimum absolute atomic E-state index is 0.0958. The van der Waals surface area contributed by atoms with Crippen LogP contribution < -0.4 is 10.1 Å². The molecule has 1 aromatic rings. The molecule has 3 atom stereocenters. The third kappa shape index (κ3) is 4.39. The van der Waals surface area contributed by atoms with Gasteiger partial charge in [0.05, 0.1) is 0 Å². The first-order valence-corrected chi connectivity index (χ1v) is 7.96. The Morgan fingerprint density at radius 3 is 2.90 bits per heavy atom. The second kappa shape index (κ2) is 7.36. The number of nitrogens with zero attached hydrogens (tertiary/aromatic N) is 1. The lowest BCUT2D eigenvalue weighted by Gasteiger charge is -2.38. The third-order valence-electron chi connectivity index (χ3n) is 4.51. The molecule has 0 bridgehead atoms. The standard InChI is InChI=1S/C18H26N2O/c1-13(2)17-8-7-14(3)11-18(17)20-15-5-4-6-16(12-15)21-10-9-19/h4-6,12-14,17-18,20H,7-8,10-11H2,1-3H3. The van der Waals surface area contributed by atoms with Gasteiger partial charge in [0.25, 0.3) is 0 Å². The summed E-state index contributed by atoms with van der Waals surface area (Å²) in [4.78, 5) is 0. The highest BCUT2D eigenvalue weighted by molar-refractivity contribution is 5.49. The Kier molecular flexibility index (Phi) is 5.50. The van der Waals surface area contributed by atoms with Crippen molar-refractivity contribution < 1.29 is 4.74 Å². The van der Waals surface area contributed by atoms with E-state index < -0.39 is 0 Å². The van der Waals surface area contributed by atoms with Gasteiger partial charge in [0.2, 0.25) is 0 Å². The van der Waals surface area contributed by atoms with E-state index in [0.717, 1.165) is 23.3 Å². The van der Waals surface area contributed by atoms with Crippen LogP contribution in [0.5, 0.6) is 5.75 Å². The minimum atomic E-state index is 0.0958. The first-order valence-electron chi connectivity index (χ1n) is 7.96. The maximum absolute atomic E-state index is 8.59. The number of ether oxygens (including phenoxy) is 1. The van der Waals surface area contributed by atoms with Crippen molar-refractivity contribution in [1.82, 2.24) is 0 Å². The van der Waals surface area contributed by atoms with Crippen LogP contribution in [0.15, 0.2) is 24.3 Å². The Morgan fingerprint density at radius 2 is 2.19 bits per heavy atom. The molecular formula is C18H26N2O. The predicted octanol–water partition coefficient (Wildman–Crippen LogP) is 4.46. The molecule has 2 rings (SSSR count). The van der Waals surface area contributed by atoms with Gasteiger partial charge in [-0.25, -0.2) is 0 Å². The largest absolute Gasteiger partial charge is 0.479 e. The Labute approximate surface area is 128 Å². The molecule has 1 N–H and O–H groups in total. The average Bonchev–Trinajstić information content (AvgIpc) is 2.45. The summed E-state index contributed by atoms with van der Waals surface area (Å²) in [5, 5.41) is 12.3. The molecule has 1 fully saturated rings. The molecule has 0 amide bonds. The van der Waals surface area contributed by atoms with E-state index in [9.17, 15) is 0 Å². The first kappa shape index (κ1) is 15.7. The van der Waals surface area contributed by atoms with Crippen molar-refractivity contribution in [2.24, 2.45) is 17.8 Å². The number of rotatable bonds is 5. The molecule has 3 nitrogen and oxygen atoms in total. The molecule has 0 aliphatic heterocycles. The molecule has 0 saturated heterocycles. The fourth-order valence-electron chi connectivity index (χ4n) is 3.37. The quantitative estimate of drug-likeness (QED) is 0.869. The van der Waals surface area contributed by atoms with Gasteiger partial charge in [0, 0.05) is 17.8 Å². The van der Waals surface area contributed by atoms with Crippen molar-refractivity contribution in [2.75, 3.05) is 11.9 Å². The number of nitrogens with one attached hydrogen (secondary N) is 1. The van der Waals surface area contributed by atoms with E-state index in [1.807, 2.05) is 24.3 Å². The minimum Gasteiger partial charge on any atom is -0.479 e. The van der Waals surface area contributed by atoms with Crippen LogP contribution in [0.4, 0.5) is 5.69 Å². The summed E-state index contributed by atoms with van der Waals surface area (Å²) >= 11 is 0. The number of anilines is 1. The van der Waals surface area contributed by atoms with E-state index in [1.165, 1.54) is 19.3 Å². The van der Waals surface area contributed by atoms with E-state index in [1.54, 1.807) is 0 Å². The third-order valence-corrected chi connectivity index (χ3v) is 4.51. The van der Waals surface area contributed by atoms with Gasteiger partial charge < -0.3 is 10.1 Å². The van der Waals surface area contributed by atoms with Gasteiger partial charge >= 0.3 is 0 Å². The molecule has 114 valence electrons. The summed E-state index contributed by atoms with van der Waals surface area (Å²) in [5.41, 5.74) is 1.09. The van der Waals surface area contributed by atoms with Crippen molar-refractivity contribution in [2.45, 2.75) is 46.1 Å². The number of benzene rings is 1. The van der Waals surface area contributed by atoms with Gasteiger partial charge in [-0.2, -0.15) is 5.26 Å². The first-order chi connectivity index (χ1) is 10.1. The highest BCUT2D eigenvalue weighted by atomic mass is 16.5. The molecule has 21 heavy (non-hydrogen) atoms. The topological polar surface area (TPSA) is 45.0 Å². The van der Waals surface area contributed by atoms with Gasteiger partial charge in [-0.3, -0.25) is 0 Å². The predicted molar refractivity (Wildman–Crippen MR) is 86.3 cm³/mol. The number of hydrogen-bond donors (Lipinski definition) is 1. The van der Waals surface area contributed by atoms with Crippen molar-refractivity contribution in [3.05, 3.63) is 24.3 Å². The zero-order chi connectivity index (χ0) is 15.2. The van der Waals surface area contributed by atoms with Crippen LogP contribution in [0.1, 0.15) is 40.0 Å². The lowest BCUT2D eigenvalue weighted by Crippen LogP contribution is -2.37. The summed E-state index contributed by atoms with van der Waals surface area (Å²) in [5.74, 6) is 2.97. The molecule has 1 aliphatic carbocycles. The molecule has 3 heteroatoms. The second-order valence-electron chi connectivity index (χ2n) is 6.55. The van der Waals surface area contributed by atoms with Gasteiger partial charge in [0.15, 0.2) is 6.61 Å². The highest BCUT2D eigenvalue weighted by Gasteiger charge is 2.30. The molecule has 0 heterocycles. The molecule has 1 aromatic carbocycles. The fourth-order valence-corrected chi connectivity index (χ4v) is 3.37. The Hall–Kier alpha value is -1.69. The summed E-state index contributed by atoms with van der Waals surface area (Å²) in [6.45, 7) is 7.08. The number of hydrogen-bond acceptors (Lipinski definition) is 3. The van der Waals surface area contributed by atoms with Crippen LogP contribution in [0.2, 0.25) is 0 Å². The van der Waals surface area contributed by atoms with E-state index >= 15 is 0 Å². The number of nitriles is 1. The van der Waals surface area contributed by atoms with Crippen LogP contribution >= 0.6 is 0 Å². The van der Waals surface area contributed by atoms with Gasteiger partial charge in [-0.05, 0) is 42.7 Å². The van der Waals surface area contributed by atoms with Crippen LogP contribution in [0.25, 0.3) is 0 Å². The SMILES string of the molecule is CC1CCC(C(C)C)C(Nc2cccc(OCC#N)c2)C1. The van der Waals surface area contributed by atoms with Crippen LogP contribution in [0, 0.1) is 29.1 Å². The van der Waals surface area contributed by atoms with E-state index in [0.29, 0.717) is 12.0 Å². The summed E-state index contributed by atoms with van der Waals surface area (Å²) in [7, 11) is 0. The van der Waals surface area contributed by atoms with Crippen molar-refractivity contribution in [3.63, 3.8) is 0 Å². The van der Waals surface area contributed by atoms with Gasteiger partial charge in [-0.1, -0.05) is 33.3 Å². The van der Waals surface area contributed by atoms with E-state index in [4.69, 9.17) is 10.00 Å². The Balaban J connectivity index is 2.06. The maximum Gasteiger partial charge on any atom is 0.174 e. The summed E-state index contributed by atoms with van der Waals surface area (Å²) < 4.78 is 5.38. The monoisotopic (exact) mass is 286 g/mol. The molecule has 0 radical (unpaired) electrons. The zero-order valence-electron chi connectivity index (χ0n) is 13.3. The molecule has 0 aromatic heterocycles. The van der Waals surface area contributed by atoms with Crippen molar-refractivity contribution >= 4 is 5.69 Å². The van der Waals surface area contributed by atoms with Gasteiger partial charge in [-0.15, -0.1) is 0 Å². The smallest absolute Gasteiger partial charge is 0.174 e. The van der Waals surface area contributed by atoms with Crippen LogP contribution in [-0.4, -0.2) is 12.6 Å². The Morgan fingerprint density at radius 1 is 1.38 bits per heavy atom. The second-order valence-corrected chi connectivity index (χ2v) is 6.55. The normalized spacial score (nSPS) is 25.4. The molecule has 0 spiro atoms. The lowest BCUT2D eigenvalue weighted by molar-refractivity contribution is 0.212. The summed E-state index contributed by atoms with van der Waals surface area (Å²) in [6.07, 6.45) is 3.87. The summed E-state index contributed by atoms with van der Waals surface area (Å²) in [6, 6.07) is 10.5. The molecule has 1 aliphatic rings. The van der Waals surface area contributed by atoms with Crippen molar-refractivity contribution in [1.29, 1.82) is 5.26 Å². The molecular weight excluding hydrogens is 260 g/mol. The van der Waals surface area contributed by atoms with Gasteiger partial charge in [0.1, 0.15) is 11.8 Å². The highest BCUT2D eigenvalue weighted by Crippen LogP contribution is 2.35.